The molecule has 1 heterocycles. The van der Waals surface area contributed by atoms with Crippen LogP contribution in [0.2, 0.25) is 0 Å². The van der Waals surface area contributed by atoms with Crippen molar-refractivity contribution in [3.8, 4) is 6.07 Å². The third-order valence-corrected chi connectivity index (χ3v) is 7.27. The first-order valence-corrected chi connectivity index (χ1v) is 11.6. The highest BCUT2D eigenvalue weighted by molar-refractivity contribution is 7.80. The maximum Gasteiger partial charge on any atom is 0.257 e. The highest BCUT2D eigenvalue weighted by atomic mass is 32.1. The average molecular weight is 440 g/mol. The molecule has 1 aliphatic carbocycles. The molecular weight excluding hydrogens is 410 g/mol. The summed E-state index contributed by atoms with van der Waals surface area (Å²) in [5, 5.41) is 16.5. The van der Waals surface area contributed by atoms with Crippen molar-refractivity contribution < 1.29 is 4.79 Å². The summed E-state index contributed by atoms with van der Waals surface area (Å²) in [6.07, 6.45) is 3.00. The van der Waals surface area contributed by atoms with E-state index in [1.807, 2.05) is 24.3 Å². The number of nitrogens with zero attached hydrogens (tertiary/aromatic N) is 1. The fourth-order valence-corrected chi connectivity index (χ4v) is 5.40. The predicted molar refractivity (Wildman–Crippen MR) is 128 cm³/mol. The van der Waals surface area contributed by atoms with Crippen LogP contribution in [0, 0.1) is 22.7 Å². The van der Waals surface area contributed by atoms with Gasteiger partial charge in [0.2, 0.25) is 0 Å². The minimum absolute atomic E-state index is 0.218. The number of anilines is 1. The summed E-state index contributed by atoms with van der Waals surface area (Å²) in [6.45, 7) is 11.1. The van der Waals surface area contributed by atoms with Crippen molar-refractivity contribution in [3.05, 3.63) is 51.4 Å². The molecule has 30 heavy (non-hydrogen) atoms. The van der Waals surface area contributed by atoms with Crippen molar-refractivity contribution in [3.63, 3.8) is 0 Å². The third kappa shape index (κ3) is 4.91. The number of hydrogen-bond donors (Lipinski definition) is 2. The number of fused-ring (bicyclic) bond motifs is 1. The van der Waals surface area contributed by atoms with Gasteiger partial charge in [0.05, 0.1) is 5.56 Å². The topological polar surface area (TPSA) is 64.9 Å². The van der Waals surface area contributed by atoms with Gasteiger partial charge in [-0.05, 0) is 72.0 Å². The molecule has 4 nitrogen and oxygen atoms in total. The molecule has 2 aromatic rings. The minimum atomic E-state index is -0.254. The number of carbonyl (C=O) groups is 1. The molecule has 158 valence electrons. The van der Waals surface area contributed by atoms with Gasteiger partial charge in [-0.2, -0.15) is 5.26 Å². The van der Waals surface area contributed by atoms with E-state index in [1.54, 1.807) is 11.3 Å². The van der Waals surface area contributed by atoms with E-state index < -0.39 is 0 Å². The van der Waals surface area contributed by atoms with Crippen LogP contribution in [-0.4, -0.2) is 11.0 Å². The first-order chi connectivity index (χ1) is 14.1. The second kappa shape index (κ2) is 8.87. The highest BCUT2D eigenvalue weighted by Crippen LogP contribution is 2.43. The lowest BCUT2D eigenvalue weighted by atomic mass is 9.72. The van der Waals surface area contributed by atoms with Crippen LogP contribution >= 0.6 is 23.6 Å². The smallest absolute Gasteiger partial charge is 0.257 e. The van der Waals surface area contributed by atoms with Crippen molar-refractivity contribution in [2.75, 3.05) is 5.32 Å². The fraction of sp³-hybridized carbons (Fsp3) is 0.458. The van der Waals surface area contributed by atoms with Gasteiger partial charge >= 0.3 is 0 Å². The number of benzene rings is 1. The van der Waals surface area contributed by atoms with Crippen molar-refractivity contribution in [2.45, 2.75) is 59.8 Å². The fourth-order valence-electron chi connectivity index (χ4n) is 3.86. The first-order valence-electron chi connectivity index (χ1n) is 10.4. The van der Waals surface area contributed by atoms with Gasteiger partial charge in [-0.25, -0.2) is 0 Å². The summed E-state index contributed by atoms with van der Waals surface area (Å²) in [5.74, 6) is 0.760. The van der Waals surface area contributed by atoms with Crippen LogP contribution < -0.4 is 10.6 Å². The number of hydrogen-bond acceptors (Lipinski definition) is 4. The van der Waals surface area contributed by atoms with E-state index in [0.29, 0.717) is 23.0 Å². The van der Waals surface area contributed by atoms with Crippen molar-refractivity contribution in [2.24, 2.45) is 11.3 Å². The van der Waals surface area contributed by atoms with E-state index in [1.165, 1.54) is 10.4 Å². The third-order valence-electron chi connectivity index (χ3n) is 5.90. The van der Waals surface area contributed by atoms with Crippen LogP contribution in [-0.2, 0) is 12.8 Å². The van der Waals surface area contributed by atoms with Crippen molar-refractivity contribution in [1.82, 2.24) is 5.32 Å². The molecule has 1 amide bonds. The van der Waals surface area contributed by atoms with Gasteiger partial charge in [0.15, 0.2) is 5.11 Å². The Hall–Kier alpha value is -2.23. The van der Waals surface area contributed by atoms with Crippen LogP contribution in [0.3, 0.4) is 0 Å². The Kier molecular flexibility index (Phi) is 6.64. The van der Waals surface area contributed by atoms with E-state index in [4.69, 9.17) is 12.2 Å². The molecule has 6 heteroatoms. The van der Waals surface area contributed by atoms with Gasteiger partial charge in [-0.1, -0.05) is 46.8 Å². The summed E-state index contributed by atoms with van der Waals surface area (Å²) in [7, 11) is 0. The van der Waals surface area contributed by atoms with Crippen LogP contribution in [0.15, 0.2) is 24.3 Å². The maximum atomic E-state index is 12.5. The molecule has 3 rings (SSSR count). The number of rotatable bonds is 3. The Labute approximate surface area is 188 Å². The maximum absolute atomic E-state index is 12.5. The quantitative estimate of drug-likeness (QED) is 0.574. The van der Waals surface area contributed by atoms with Gasteiger partial charge < -0.3 is 5.32 Å². The number of carbonyl (C=O) groups excluding carboxylic acids is 1. The molecule has 1 aromatic carbocycles. The van der Waals surface area contributed by atoms with E-state index in [2.05, 4.69) is 51.3 Å². The van der Waals surface area contributed by atoms with Gasteiger partial charge in [0.25, 0.3) is 5.91 Å². The Morgan fingerprint density at radius 2 is 1.93 bits per heavy atom. The zero-order valence-electron chi connectivity index (χ0n) is 18.3. The molecule has 0 radical (unpaired) electrons. The number of thiophene rings is 1. The molecule has 1 unspecified atom stereocenters. The number of thiocarbonyl (C=S) groups is 1. The molecule has 0 saturated carbocycles. The van der Waals surface area contributed by atoms with Crippen molar-refractivity contribution in [1.29, 1.82) is 5.26 Å². The lowest BCUT2D eigenvalue weighted by molar-refractivity contribution is 0.0977. The van der Waals surface area contributed by atoms with E-state index in [9.17, 15) is 10.1 Å². The Bertz CT molecular complexity index is 991. The number of nitrogens with one attached hydrogen (secondary N) is 2. The Morgan fingerprint density at radius 1 is 1.27 bits per heavy atom. The number of nitriles is 1. The zero-order valence-corrected chi connectivity index (χ0v) is 19.9. The molecule has 1 aliphatic rings. The first kappa shape index (κ1) is 22.5. The monoisotopic (exact) mass is 439 g/mol. The van der Waals surface area contributed by atoms with Gasteiger partial charge in [-0.15, -0.1) is 11.3 Å². The lowest BCUT2D eigenvalue weighted by Gasteiger charge is -2.33. The molecule has 0 bridgehead atoms. The molecule has 0 saturated heterocycles. The Balaban J connectivity index is 1.70. The second-order valence-electron chi connectivity index (χ2n) is 9.31. The normalized spacial score (nSPS) is 16.0. The summed E-state index contributed by atoms with van der Waals surface area (Å²) >= 11 is 6.95. The summed E-state index contributed by atoms with van der Waals surface area (Å²) in [4.78, 5) is 13.8. The lowest BCUT2D eigenvalue weighted by Crippen LogP contribution is -2.34. The molecule has 2 N–H and O–H groups in total. The molecule has 0 aliphatic heterocycles. The molecule has 1 aromatic heterocycles. The van der Waals surface area contributed by atoms with E-state index in [-0.39, 0.29) is 16.4 Å². The highest BCUT2D eigenvalue weighted by Gasteiger charge is 2.32. The van der Waals surface area contributed by atoms with Crippen molar-refractivity contribution >= 4 is 39.6 Å². The summed E-state index contributed by atoms with van der Waals surface area (Å²) < 4.78 is 0. The van der Waals surface area contributed by atoms with Gasteiger partial charge in [0.1, 0.15) is 11.1 Å². The standard InChI is InChI=1S/C24H29N3OS2/c1-14(2)15-6-8-16(9-7-15)21(28)26-23(29)27-22-19(13-25)18-11-10-17(24(3,4)5)12-20(18)30-22/h6-9,14,17H,10-12H2,1-5H3,(H2,26,27,28,29). The van der Waals surface area contributed by atoms with E-state index >= 15 is 0 Å². The molecule has 0 spiro atoms. The second-order valence-corrected chi connectivity index (χ2v) is 10.8. The minimum Gasteiger partial charge on any atom is -0.323 e. The van der Waals surface area contributed by atoms with Crippen LogP contribution in [0.1, 0.15) is 78.9 Å². The largest absolute Gasteiger partial charge is 0.323 e. The molecule has 0 fully saturated rings. The van der Waals surface area contributed by atoms with Crippen LogP contribution in [0.25, 0.3) is 0 Å². The van der Waals surface area contributed by atoms with E-state index in [0.717, 1.165) is 29.8 Å². The van der Waals surface area contributed by atoms with Crippen LogP contribution in [0.5, 0.6) is 0 Å². The Morgan fingerprint density at radius 3 is 2.50 bits per heavy atom. The molecule has 1 atom stereocenters. The van der Waals surface area contributed by atoms with Crippen LogP contribution in [0.4, 0.5) is 5.00 Å². The SMILES string of the molecule is CC(C)c1ccc(C(=O)NC(=S)Nc2sc3c(c2C#N)CCC(C(C)(C)C)C3)cc1. The zero-order chi connectivity index (χ0) is 22.1. The summed E-state index contributed by atoms with van der Waals surface area (Å²) in [5.41, 5.74) is 3.80. The predicted octanol–water partition coefficient (Wildman–Crippen LogP) is 6.02. The molecular formula is C24H29N3OS2. The summed E-state index contributed by atoms with van der Waals surface area (Å²) in [6, 6.07) is 9.88. The van der Waals surface area contributed by atoms with Gasteiger partial charge in [-0.3, -0.25) is 10.1 Å². The van der Waals surface area contributed by atoms with Gasteiger partial charge in [0, 0.05) is 10.4 Å². The average Bonchev–Trinajstić information content (AvgIpc) is 3.03. The number of amides is 1.